The minimum Gasteiger partial charge on any atom is -0.497 e. The second kappa shape index (κ2) is 8.30. The summed E-state index contributed by atoms with van der Waals surface area (Å²) in [4.78, 5) is 28.7. The number of ether oxygens (including phenoxy) is 1. The number of carbonyl (C=O) groups excluding carboxylic acids is 2. The van der Waals surface area contributed by atoms with Gasteiger partial charge in [0.1, 0.15) is 11.6 Å². The molecule has 1 heterocycles. The molecule has 6 nitrogen and oxygen atoms in total. The summed E-state index contributed by atoms with van der Waals surface area (Å²) in [6.45, 7) is 3.46. The molecular formula is C18H18ClN3O3. The van der Waals surface area contributed by atoms with Crippen molar-refractivity contribution in [1.82, 2.24) is 4.98 Å². The lowest BCUT2D eigenvalue weighted by atomic mass is 10.1. The zero-order valence-corrected chi connectivity index (χ0v) is 14.8. The van der Waals surface area contributed by atoms with E-state index in [1.54, 1.807) is 50.3 Å². The Labute approximate surface area is 150 Å². The van der Waals surface area contributed by atoms with Crippen LogP contribution in [0.4, 0.5) is 11.5 Å². The zero-order valence-electron chi connectivity index (χ0n) is 14.1. The van der Waals surface area contributed by atoms with Crippen LogP contribution in [-0.4, -0.2) is 23.9 Å². The molecule has 0 fully saturated rings. The zero-order chi connectivity index (χ0) is 18.4. The molecule has 0 saturated heterocycles. The predicted octanol–water partition coefficient (Wildman–Crippen LogP) is 3.90. The van der Waals surface area contributed by atoms with Crippen LogP contribution in [0, 0.1) is 0 Å². The summed E-state index contributed by atoms with van der Waals surface area (Å²) in [5.41, 5.74) is 1.17. The Morgan fingerprint density at radius 1 is 1.20 bits per heavy atom. The molecule has 2 N–H and O–H groups in total. The summed E-state index contributed by atoms with van der Waals surface area (Å²) in [6.07, 6.45) is 3.12. The molecule has 2 aromatic rings. The lowest BCUT2D eigenvalue weighted by Crippen LogP contribution is -2.19. The number of hydrogen-bond donors (Lipinski definition) is 2. The minimum atomic E-state index is -0.429. The van der Waals surface area contributed by atoms with Crippen LogP contribution in [0.3, 0.4) is 0 Å². The number of methoxy groups -OCH3 is 1. The van der Waals surface area contributed by atoms with E-state index in [-0.39, 0.29) is 11.5 Å². The Morgan fingerprint density at radius 2 is 1.96 bits per heavy atom. The number of anilines is 2. The van der Waals surface area contributed by atoms with Crippen LogP contribution in [0.5, 0.6) is 5.75 Å². The van der Waals surface area contributed by atoms with Crippen molar-refractivity contribution in [1.29, 1.82) is 0 Å². The summed E-state index contributed by atoms with van der Waals surface area (Å²) in [6, 6.07) is 8.03. The molecule has 2 amide bonds. The Morgan fingerprint density at radius 3 is 2.56 bits per heavy atom. The van der Waals surface area contributed by atoms with Crippen molar-refractivity contribution >= 4 is 34.9 Å². The Kier molecular flexibility index (Phi) is 6.14. The Balaban J connectivity index is 2.31. The van der Waals surface area contributed by atoms with Gasteiger partial charge < -0.3 is 15.4 Å². The molecule has 1 aromatic heterocycles. The van der Waals surface area contributed by atoms with Crippen LogP contribution < -0.4 is 15.4 Å². The molecule has 0 unspecified atom stereocenters. The van der Waals surface area contributed by atoms with Gasteiger partial charge in [0.05, 0.1) is 23.4 Å². The van der Waals surface area contributed by atoms with Gasteiger partial charge in [-0.1, -0.05) is 17.7 Å². The fourth-order valence-electron chi connectivity index (χ4n) is 1.93. The number of nitrogens with zero attached hydrogens (tertiary/aromatic N) is 1. The van der Waals surface area contributed by atoms with Gasteiger partial charge in [-0.05, 0) is 44.2 Å². The molecule has 2 rings (SSSR count). The fourth-order valence-corrected chi connectivity index (χ4v) is 2.04. The van der Waals surface area contributed by atoms with Crippen LogP contribution in [0.2, 0.25) is 5.02 Å². The Bertz CT molecular complexity index is 817. The number of rotatable bonds is 5. The molecule has 130 valence electrons. The fraction of sp³-hybridized carbons (Fsp3) is 0.167. The van der Waals surface area contributed by atoms with E-state index in [1.165, 1.54) is 13.3 Å². The lowest BCUT2D eigenvalue weighted by Gasteiger charge is -2.13. The van der Waals surface area contributed by atoms with Crippen molar-refractivity contribution in [3.05, 3.63) is 58.8 Å². The number of nitrogens with one attached hydrogen (secondary N) is 2. The van der Waals surface area contributed by atoms with Gasteiger partial charge >= 0.3 is 0 Å². The summed E-state index contributed by atoms with van der Waals surface area (Å²) in [5.74, 6) is 0.127. The molecule has 0 atom stereocenters. The summed E-state index contributed by atoms with van der Waals surface area (Å²) >= 11 is 5.79. The third kappa shape index (κ3) is 4.81. The van der Waals surface area contributed by atoms with E-state index < -0.39 is 5.91 Å². The van der Waals surface area contributed by atoms with E-state index in [0.717, 1.165) is 0 Å². The number of hydrogen-bond acceptors (Lipinski definition) is 4. The standard InChI is InChI=1S/C18H18ClN3O3/c1-4-11(2)17(23)21-15-7-6-13(25-3)9-14(15)18(24)22-16-8-5-12(19)10-20-16/h4-10H,1-3H3,(H,21,23)(H,20,22,24)/b11-4+. The van der Waals surface area contributed by atoms with Gasteiger partial charge in [-0.3, -0.25) is 9.59 Å². The van der Waals surface area contributed by atoms with Crippen molar-refractivity contribution < 1.29 is 14.3 Å². The van der Waals surface area contributed by atoms with Gasteiger partial charge in [-0.2, -0.15) is 0 Å². The highest BCUT2D eigenvalue weighted by atomic mass is 35.5. The normalized spacial score (nSPS) is 11.0. The highest BCUT2D eigenvalue weighted by Crippen LogP contribution is 2.24. The maximum atomic E-state index is 12.6. The first-order chi connectivity index (χ1) is 11.9. The molecule has 0 aliphatic rings. The summed E-state index contributed by atoms with van der Waals surface area (Å²) in [7, 11) is 1.50. The van der Waals surface area contributed by atoms with Crippen molar-refractivity contribution in [2.24, 2.45) is 0 Å². The first-order valence-electron chi connectivity index (χ1n) is 7.49. The topological polar surface area (TPSA) is 80.3 Å². The molecule has 0 aliphatic heterocycles. The van der Waals surface area contributed by atoms with E-state index in [9.17, 15) is 9.59 Å². The monoisotopic (exact) mass is 359 g/mol. The first kappa shape index (κ1) is 18.5. The highest BCUT2D eigenvalue weighted by molar-refractivity contribution is 6.30. The van der Waals surface area contributed by atoms with Crippen LogP contribution in [0.15, 0.2) is 48.2 Å². The van der Waals surface area contributed by atoms with Gasteiger partial charge in [-0.15, -0.1) is 0 Å². The van der Waals surface area contributed by atoms with E-state index in [4.69, 9.17) is 16.3 Å². The lowest BCUT2D eigenvalue weighted by molar-refractivity contribution is -0.112. The number of amides is 2. The van der Waals surface area contributed by atoms with E-state index in [1.807, 2.05) is 0 Å². The first-order valence-corrected chi connectivity index (χ1v) is 7.87. The third-order valence-corrected chi connectivity index (χ3v) is 3.70. The van der Waals surface area contributed by atoms with Crippen molar-refractivity contribution in [3.8, 4) is 5.75 Å². The van der Waals surface area contributed by atoms with Gasteiger partial charge in [0.15, 0.2) is 0 Å². The average molecular weight is 360 g/mol. The van der Waals surface area contributed by atoms with Crippen LogP contribution in [0.1, 0.15) is 24.2 Å². The van der Waals surface area contributed by atoms with E-state index in [2.05, 4.69) is 15.6 Å². The average Bonchev–Trinajstić information content (AvgIpc) is 2.63. The van der Waals surface area contributed by atoms with Crippen molar-refractivity contribution in [3.63, 3.8) is 0 Å². The molecule has 0 bridgehead atoms. The number of halogens is 1. The molecule has 0 saturated carbocycles. The maximum absolute atomic E-state index is 12.6. The minimum absolute atomic E-state index is 0.258. The molecule has 1 aromatic carbocycles. The highest BCUT2D eigenvalue weighted by Gasteiger charge is 2.16. The van der Waals surface area contributed by atoms with Gasteiger partial charge in [0, 0.05) is 11.8 Å². The second-order valence-corrected chi connectivity index (χ2v) is 5.59. The van der Waals surface area contributed by atoms with Crippen LogP contribution >= 0.6 is 11.6 Å². The molecule has 0 radical (unpaired) electrons. The number of benzene rings is 1. The number of pyridine rings is 1. The second-order valence-electron chi connectivity index (χ2n) is 5.15. The smallest absolute Gasteiger partial charge is 0.259 e. The van der Waals surface area contributed by atoms with Gasteiger partial charge in [0.2, 0.25) is 0 Å². The van der Waals surface area contributed by atoms with Gasteiger partial charge in [0.25, 0.3) is 11.8 Å². The molecule has 0 spiro atoms. The van der Waals surface area contributed by atoms with Crippen LogP contribution in [0.25, 0.3) is 0 Å². The quantitative estimate of drug-likeness (QED) is 0.793. The van der Waals surface area contributed by atoms with Crippen LogP contribution in [-0.2, 0) is 4.79 Å². The third-order valence-electron chi connectivity index (χ3n) is 3.48. The van der Waals surface area contributed by atoms with Crippen molar-refractivity contribution in [2.45, 2.75) is 13.8 Å². The molecule has 0 aliphatic carbocycles. The largest absolute Gasteiger partial charge is 0.497 e. The number of aromatic nitrogens is 1. The molecule has 7 heteroatoms. The number of carbonyl (C=O) groups is 2. The number of allylic oxidation sites excluding steroid dienone is 1. The maximum Gasteiger partial charge on any atom is 0.259 e. The van der Waals surface area contributed by atoms with Crippen molar-refractivity contribution in [2.75, 3.05) is 17.7 Å². The summed E-state index contributed by atoms with van der Waals surface area (Å²) in [5, 5.41) is 5.85. The predicted molar refractivity (Wildman–Crippen MR) is 98.3 cm³/mol. The summed E-state index contributed by atoms with van der Waals surface area (Å²) < 4.78 is 5.16. The molecular weight excluding hydrogens is 342 g/mol. The van der Waals surface area contributed by atoms with Gasteiger partial charge in [-0.25, -0.2) is 4.98 Å². The molecule has 25 heavy (non-hydrogen) atoms. The SMILES string of the molecule is C/C=C(\C)C(=O)Nc1ccc(OC)cc1C(=O)Nc1ccc(Cl)cn1. The van der Waals surface area contributed by atoms with E-state index >= 15 is 0 Å². The van der Waals surface area contributed by atoms with E-state index in [0.29, 0.717) is 27.9 Å². The Hall–Kier alpha value is -2.86.